The van der Waals surface area contributed by atoms with E-state index in [-0.39, 0.29) is 11.6 Å². The van der Waals surface area contributed by atoms with E-state index < -0.39 is 0 Å². The molecule has 1 saturated heterocycles. The van der Waals surface area contributed by atoms with Gasteiger partial charge in [-0.1, -0.05) is 0 Å². The summed E-state index contributed by atoms with van der Waals surface area (Å²) in [6.07, 6.45) is 4.22. The van der Waals surface area contributed by atoms with E-state index in [4.69, 9.17) is 4.74 Å². The molecule has 1 aromatic rings. The van der Waals surface area contributed by atoms with Crippen LogP contribution < -0.4 is 4.90 Å². The largest absolute Gasteiger partial charge is 0.373 e. The minimum absolute atomic E-state index is 0.0192. The normalized spacial score (nSPS) is 20.5. The zero-order valence-electron chi connectivity index (χ0n) is 13.1. The molecular weight excluding hydrogens is 270 g/mol. The third-order valence-electron chi connectivity index (χ3n) is 4.30. The van der Waals surface area contributed by atoms with Crippen molar-refractivity contribution in [2.24, 2.45) is 0 Å². The predicted molar refractivity (Wildman–Crippen MR) is 85.7 cm³/mol. The molecule has 1 fully saturated rings. The molecular formula is C15H25N3OS. The Morgan fingerprint density at radius 2 is 2.15 bits per heavy atom. The highest BCUT2D eigenvalue weighted by Crippen LogP contribution is 2.26. The standard InChI is InChI=1S/C15H25N3OS/c1-15(2,17(3)4)13-11-18(8-9-19-13)12-6-7-14(20-5)16-10-12/h6-7,10,13H,8-9,11H2,1-5H3/t13-/m1/s1. The molecule has 0 spiro atoms. The monoisotopic (exact) mass is 295 g/mol. The zero-order chi connectivity index (χ0) is 14.8. The second-order valence-electron chi connectivity index (χ2n) is 5.91. The summed E-state index contributed by atoms with van der Waals surface area (Å²) in [5.41, 5.74) is 1.20. The van der Waals surface area contributed by atoms with Gasteiger partial charge in [0.1, 0.15) is 0 Å². The first kappa shape index (κ1) is 15.6. The lowest BCUT2D eigenvalue weighted by Gasteiger charge is -2.45. The van der Waals surface area contributed by atoms with Crippen molar-refractivity contribution in [2.75, 3.05) is 44.9 Å². The summed E-state index contributed by atoms with van der Waals surface area (Å²) in [6.45, 7) is 7.07. The Kier molecular flexibility index (Phi) is 4.94. The van der Waals surface area contributed by atoms with Crippen LogP contribution in [0.3, 0.4) is 0 Å². The molecule has 4 nitrogen and oxygen atoms in total. The van der Waals surface area contributed by atoms with E-state index in [0.717, 1.165) is 24.7 Å². The predicted octanol–water partition coefficient (Wildman–Crippen LogP) is 2.35. The Hall–Kier alpha value is -0.780. The number of nitrogens with zero attached hydrogens (tertiary/aromatic N) is 3. The minimum atomic E-state index is 0.0192. The van der Waals surface area contributed by atoms with E-state index in [0.29, 0.717) is 0 Å². The number of likely N-dealkylation sites (N-methyl/N-ethyl adjacent to an activating group) is 1. The van der Waals surface area contributed by atoms with Gasteiger partial charge < -0.3 is 14.5 Å². The number of ether oxygens (including phenoxy) is 1. The molecule has 1 aromatic heterocycles. The summed E-state index contributed by atoms with van der Waals surface area (Å²) in [5.74, 6) is 0. The number of hydrogen-bond acceptors (Lipinski definition) is 5. The SMILES string of the molecule is CSc1ccc(N2CCO[C@@H](C(C)(C)N(C)C)C2)cn1. The third kappa shape index (κ3) is 3.27. The average Bonchev–Trinajstić information content (AvgIpc) is 2.47. The van der Waals surface area contributed by atoms with Crippen LogP contribution in [-0.4, -0.2) is 61.6 Å². The number of thioether (sulfide) groups is 1. The molecule has 2 rings (SSSR count). The van der Waals surface area contributed by atoms with Gasteiger partial charge in [0, 0.05) is 18.6 Å². The Balaban J connectivity index is 2.10. The van der Waals surface area contributed by atoms with Gasteiger partial charge in [0.25, 0.3) is 0 Å². The molecule has 1 aliphatic rings. The number of aromatic nitrogens is 1. The Labute approximate surface area is 126 Å². The van der Waals surface area contributed by atoms with Crippen LogP contribution >= 0.6 is 11.8 Å². The van der Waals surface area contributed by atoms with Gasteiger partial charge in [0.05, 0.1) is 29.6 Å². The van der Waals surface area contributed by atoms with Gasteiger partial charge in [0.2, 0.25) is 0 Å². The second-order valence-corrected chi connectivity index (χ2v) is 6.74. The fourth-order valence-corrected chi connectivity index (χ4v) is 2.64. The molecule has 1 aliphatic heterocycles. The van der Waals surface area contributed by atoms with E-state index in [1.165, 1.54) is 5.69 Å². The van der Waals surface area contributed by atoms with Gasteiger partial charge in [0.15, 0.2) is 0 Å². The molecule has 5 heteroatoms. The van der Waals surface area contributed by atoms with Crippen LogP contribution in [0.15, 0.2) is 23.4 Å². The van der Waals surface area contributed by atoms with E-state index in [9.17, 15) is 0 Å². The highest BCUT2D eigenvalue weighted by atomic mass is 32.2. The van der Waals surface area contributed by atoms with E-state index in [1.54, 1.807) is 11.8 Å². The highest BCUT2D eigenvalue weighted by molar-refractivity contribution is 7.98. The molecule has 0 saturated carbocycles. The summed E-state index contributed by atoms with van der Waals surface area (Å²) in [6, 6.07) is 4.24. The fraction of sp³-hybridized carbons (Fsp3) is 0.667. The number of anilines is 1. The van der Waals surface area contributed by atoms with Gasteiger partial charge in [-0.3, -0.25) is 0 Å². The van der Waals surface area contributed by atoms with Crippen molar-refractivity contribution in [1.82, 2.24) is 9.88 Å². The smallest absolute Gasteiger partial charge is 0.0958 e. The van der Waals surface area contributed by atoms with Crippen molar-refractivity contribution < 1.29 is 4.74 Å². The van der Waals surface area contributed by atoms with Gasteiger partial charge in [-0.2, -0.15) is 0 Å². The lowest BCUT2D eigenvalue weighted by molar-refractivity contribution is -0.0484. The summed E-state index contributed by atoms with van der Waals surface area (Å²) in [7, 11) is 4.22. The lowest BCUT2D eigenvalue weighted by atomic mass is 9.94. The number of morpholine rings is 1. The summed E-state index contributed by atoms with van der Waals surface area (Å²) >= 11 is 1.67. The van der Waals surface area contributed by atoms with Gasteiger partial charge in [-0.05, 0) is 46.3 Å². The molecule has 0 unspecified atom stereocenters. The van der Waals surface area contributed by atoms with Gasteiger partial charge >= 0.3 is 0 Å². The average molecular weight is 295 g/mol. The Bertz CT molecular complexity index is 433. The second kappa shape index (κ2) is 6.33. The molecule has 0 amide bonds. The molecule has 2 heterocycles. The molecule has 20 heavy (non-hydrogen) atoms. The lowest BCUT2D eigenvalue weighted by Crippen LogP contribution is -2.57. The van der Waals surface area contributed by atoms with Crippen LogP contribution in [0.25, 0.3) is 0 Å². The van der Waals surface area contributed by atoms with Crippen LogP contribution in [0, 0.1) is 0 Å². The van der Waals surface area contributed by atoms with E-state index in [1.807, 2.05) is 12.5 Å². The van der Waals surface area contributed by atoms with Gasteiger partial charge in [-0.25, -0.2) is 4.98 Å². The van der Waals surface area contributed by atoms with Crippen molar-refractivity contribution >= 4 is 17.4 Å². The van der Waals surface area contributed by atoms with E-state index in [2.05, 4.69) is 54.9 Å². The Morgan fingerprint density at radius 1 is 1.40 bits per heavy atom. The quantitative estimate of drug-likeness (QED) is 0.795. The van der Waals surface area contributed by atoms with Crippen LogP contribution in [0.2, 0.25) is 0 Å². The fourth-order valence-electron chi connectivity index (χ4n) is 2.28. The maximum atomic E-state index is 5.99. The maximum Gasteiger partial charge on any atom is 0.0958 e. The third-order valence-corrected chi connectivity index (χ3v) is 4.96. The minimum Gasteiger partial charge on any atom is -0.373 e. The first-order valence-corrected chi connectivity index (χ1v) is 8.21. The molecule has 0 aromatic carbocycles. The summed E-state index contributed by atoms with van der Waals surface area (Å²) < 4.78 is 5.99. The van der Waals surface area contributed by atoms with Crippen molar-refractivity contribution in [2.45, 2.75) is 30.5 Å². The molecule has 0 N–H and O–H groups in total. The van der Waals surface area contributed by atoms with Crippen molar-refractivity contribution in [1.29, 1.82) is 0 Å². The molecule has 0 radical (unpaired) electrons. The zero-order valence-corrected chi connectivity index (χ0v) is 13.9. The highest BCUT2D eigenvalue weighted by Gasteiger charge is 2.36. The Morgan fingerprint density at radius 3 is 2.70 bits per heavy atom. The van der Waals surface area contributed by atoms with Crippen LogP contribution in [0.5, 0.6) is 0 Å². The van der Waals surface area contributed by atoms with E-state index >= 15 is 0 Å². The topological polar surface area (TPSA) is 28.6 Å². The molecule has 0 bridgehead atoms. The van der Waals surface area contributed by atoms with Gasteiger partial charge in [-0.15, -0.1) is 11.8 Å². The number of pyridine rings is 1. The summed E-state index contributed by atoms with van der Waals surface area (Å²) in [4.78, 5) is 9.07. The number of rotatable bonds is 4. The van der Waals surface area contributed by atoms with Crippen LogP contribution in [0.1, 0.15) is 13.8 Å². The molecule has 1 atom stereocenters. The van der Waals surface area contributed by atoms with Crippen LogP contribution in [0.4, 0.5) is 5.69 Å². The van der Waals surface area contributed by atoms with Crippen molar-refractivity contribution in [3.63, 3.8) is 0 Å². The van der Waals surface area contributed by atoms with Crippen LogP contribution in [-0.2, 0) is 4.74 Å². The first-order valence-electron chi connectivity index (χ1n) is 6.99. The number of hydrogen-bond donors (Lipinski definition) is 0. The maximum absolute atomic E-state index is 5.99. The van der Waals surface area contributed by atoms with Crippen molar-refractivity contribution in [3.05, 3.63) is 18.3 Å². The molecule has 112 valence electrons. The molecule has 0 aliphatic carbocycles. The summed E-state index contributed by atoms with van der Waals surface area (Å²) in [5, 5.41) is 1.06. The first-order chi connectivity index (χ1) is 9.45. The van der Waals surface area contributed by atoms with Crippen molar-refractivity contribution in [3.8, 4) is 0 Å².